The Morgan fingerprint density at radius 2 is 1.85 bits per heavy atom. The zero-order chi connectivity index (χ0) is 18.8. The van der Waals surface area contributed by atoms with Crippen molar-refractivity contribution in [3.05, 3.63) is 64.8 Å². The Morgan fingerprint density at radius 3 is 2.54 bits per heavy atom. The highest BCUT2D eigenvalue weighted by atomic mass is 35.5. The van der Waals surface area contributed by atoms with E-state index in [2.05, 4.69) is 5.32 Å². The van der Waals surface area contributed by atoms with E-state index >= 15 is 0 Å². The van der Waals surface area contributed by atoms with Crippen LogP contribution in [0.25, 0.3) is 0 Å². The third-order valence-corrected chi connectivity index (χ3v) is 4.08. The van der Waals surface area contributed by atoms with Crippen LogP contribution in [0.15, 0.2) is 59.3 Å². The molecule has 8 heteroatoms. The number of nitrogens with one attached hydrogen (secondary N) is 1. The van der Waals surface area contributed by atoms with Gasteiger partial charge in [-0.3, -0.25) is 9.59 Å². The number of hydrogen-bond donors (Lipinski definition) is 2. The van der Waals surface area contributed by atoms with Crippen molar-refractivity contribution in [2.45, 2.75) is 0 Å². The first kappa shape index (κ1) is 17.5. The fraction of sp³-hybridized carbons (Fsp3) is 0.0556. The number of carbonyl (C=O) groups is 3. The minimum absolute atomic E-state index is 0.0325. The Morgan fingerprint density at radius 1 is 1.12 bits per heavy atom. The van der Waals surface area contributed by atoms with Crippen LogP contribution in [-0.4, -0.2) is 30.0 Å². The molecule has 2 N–H and O–H groups in total. The van der Waals surface area contributed by atoms with Crippen molar-refractivity contribution >= 4 is 40.8 Å². The number of halogens is 1. The van der Waals surface area contributed by atoms with E-state index in [-0.39, 0.29) is 22.0 Å². The number of imide groups is 1. The molecule has 0 atom stereocenters. The highest BCUT2D eigenvalue weighted by molar-refractivity contribution is 6.53. The maximum absolute atomic E-state index is 12.7. The molecule has 0 saturated heterocycles. The van der Waals surface area contributed by atoms with Crippen LogP contribution < -0.4 is 15.0 Å². The molecule has 1 aliphatic rings. The van der Waals surface area contributed by atoms with Gasteiger partial charge in [-0.15, -0.1) is 0 Å². The molecule has 7 nitrogen and oxygen atoms in total. The molecule has 0 unspecified atom stereocenters. The Balaban J connectivity index is 1.94. The van der Waals surface area contributed by atoms with Crippen molar-refractivity contribution in [1.29, 1.82) is 0 Å². The predicted molar refractivity (Wildman–Crippen MR) is 95.4 cm³/mol. The largest absolute Gasteiger partial charge is 0.495 e. The van der Waals surface area contributed by atoms with Crippen molar-refractivity contribution in [3.8, 4) is 5.75 Å². The SMILES string of the molecule is COc1ccccc1N1C(=O)C(Cl)=C(Nc2cccc(C(=O)O)c2)C1=O. The summed E-state index contributed by atoms with van der Waals surface area (Å²) in [5.41, 5.74) is 0.482. The number of anilines is 2. The average molecular weight is 373 g/mol. The Bertz CT molecular complexity index is 954. The van der Waals surface area contributed by atoms with E-state index in [1.807, 2.05) is 0 Å². The van der Waals surface area contributed by atoms with Gasteiger partial charge in [-0.25, -0.2) is 9.69 Å². The van der Waals surface area contributed by atoms with Gasteiger partial charge in [0.1, 0.15) is 16.5 Å². The zero-order valence-corrected chi connectivity index (χ0v) is 14.3. The van der Waals surface area contributed by atoms with Crippen LogP contribution in [0.3, 0.4) is 0 Å². The molecule has 26 heavy (non-hydrogen) atoms. The first-order chi connectivity index (χ1) is 12.4. The number of hydrogen-bond acceptors (Lipinski definition) is 5. The molecule has 0 spiro atoms. The molecular weight excluding hydrogens is 360 g/mol. The van der Waals surface area contributed by atoms with Crippen LogP contribution >= 0.6 is 11.6 Å². The lowest BCUT2D eigenvalue weighted by Gasteiger charge is -2.17. The standard InChI is InChI=1S/C18H13ClN2O5/c1-26-13-8-3-2-7-12(13)21-16(22)14(19)15(17(21)23)20-11-6-4-5-10(9-11)18(24)25/h2-9,20H,1H3,(H,24,25). The second-order valence-electron chi connectivity index (χ2n) is 5.32. The highest BCUT2D eigenvalue weighted by Gasteiger charge is 2.40. The molecule has 1 heterocycles. The number of rotatable bonds is 5. The Kier molecular flexibility index (Phi) is 4.64. The van der Waals surface area contributed by atoms with Gasteiger partial charge >= 0.3 is 5.97 Å². The monoisotopic (exact) mass is 372 g/mol. The summed E-state index contributed by atoms with van der Waals surface area (Å²) in [5.74, 6) is -2.13. The van der Waals surface area contributed by atoms with Gasteiger partial charge in [0.2, 0.25) is 0 Å². The first-order valence-corrected chi connectivity index (χ1v) is 7.83. The van der Waals surface area contributed by atoms with Crippen molar-refractivity contribution in [3.63, 3.8) is 0 Å². The Hall–Kier alpha value is -3.32. The summed E-state index contributed by atoms with van der Waals surface area (Å²) in [7, 11) is 1.43. The fourth-order valence-electron chi connectivity index (χ4n) is 2.52. The van der Waals surface area contributed by atoms with Gasteiger partial charge in [0.15, 0.2) is 0 Å². The third kappa shape index (κ3) is 3.00. The van der Waals surface area contributed by atoms with Crippen LogP contribution in [0.2, 0.25) is 0 Å². The van der Waals surface area contributed by atoms with Gasteiger partial charge < -0.3 is 15.2 Å². The molecule has 132 valence electrons. The Labute approximate surface area is 153 Å². The number of aromatic carboxylic acids is 1. The summed E-state index contributed by atoms with van der Waals surface area (Å²) < 4.78 is 5.19. The van der Waals surface area contributed by atoms with Gasteiger partial charge in [-0.2, -0.15) is 0 Å². The number of nitrogens with zero attached hydrogens (tertiary/aromatic N) is 1. The van der Waals surface area contributed by atoms with Gasteiger partial charge in [-0.05, 0) is 30.3 Å². The third-order valence-electron chi connectivity index (χ3n) is 3.73. The number of benzene rings is 2. The molecule has 2 aromatic carbocycles. The molecule has 1 aliphatic heterocycles. The van der Waals surface area contributed by atoms with Crippen LogP contribution in [-0.2, 0) is 9.59 Å². The quantitative estimate of drug-likeness (QED) is 0.783. The van der Waals surface area contributed by atoms with Crippen molar-refractivity contribution in [2.75, 3.05) is 17.3 Å². The summed E-state index contributed by atoms with van der Waals surface area (Å²) in [5, 5.41) is 11.5. The van der Waals surface area contributed by atoms with Crippen molar-refractivity contribution < 1.29 is 24.2 Å². The number of carboxylic acid groups (broad SMARTS) is 1. The van der Waals surface area contributed by atoms with Crippen molar-refractivity contribution in [2.24, 2.45) is 0 Å². The minimum atomic E-state index is -1.11. The summed E-state index contributed by atoms with van der Waals surface area (Å²) in [6, 6.07) is 12.4. The van der Waals surface area contributed by atoms with Gasteiger partial charge in [-0.1, -0.05) is 29.8 Å². The molecule has 0 fully saturated rings. The molecule has 2 aromatic rings. The van der Waals surface area contributed by atoms with Gasteiger partial charge in [0.25, 0.3) is 11.8 Å². The lowest BCUT2D eigenvalue weighted by atomic mass is 10.2. The number of para-hydroxylation sites is 2. The van der Waals surface area contributed by atoms with Crippen LogP contribution in [0.4, 0.5) is 11.4 Å². The fourth-order valence-corrected chi connectivity index (χ4v) is 2.73. The second kappa shape index (κ2) is 6.89. The van der Waals surface area contributed by atoms with Gasteiger partial charge in [0.05, 0.1) is 18.4 Å². The summed E-state index contributed by atoms with van der Waals surface area (Å²) in [6.45, 7) is 0. The maximum atomic E-state index is 12.7. The average Bonchev–Trinajstić information content (AvgIpc) is 2.85. The van der Waals surface area contributed by atoms with E-state index in [9.17, 15) is 14.4 Å². The van der Waals surface area contributed by atoms with E-state index in [0.717, 1.165) is 4.90 Å². The normalized spacial score (nSPS) is 14.0. The van der Waals surface area contributed by atoms with Crippen molar-refractivity contribution in [1.82, 2.24) is 0 Å². The van der Waals surface area contributed by atoms with E-state index in [0.29, 0.717) is 11.4 Å². The van der Waals surface area contributed by atoms with E-state index in [1.54, 1.807) is 30.3 Å². The molecular formula is C18H13ClN2O5. The molecule has 2 amide bonds. The molecule has 0 aliphatic carbocycles. The molecule has 0 bridgehead atoms. The smallest absolute Gasteiger partial charge is 0.335 e. The number of methoxy groups -OCH3 is 1. The highest BCUT2D eigenvalue weighted by Crippen LogP contribution is 2.35. The minimum Gasteiger partial charge on any atom is -0.495 e. The molecule has 0 radical (unpaired) electrons. The second-order valence-corrected chi connectivity index (χ2v) is 5.70. The van der Waals surface area contributed by atoms with Crippen LogP contribution in [0.1, 0.15) is 10.4 Å². The molecule has 3 rings (SSSR count). The predicted octanol–water partition coefficient (Wildman–Crippen LogP) is 2.83. The topological polar surface area (TPSA) is 95.9 Å². The van der Waals surface area contributed by atoms with E-state index in [4.69, 9.17) is 21.4 Å². The van der Waals surface area contributed by atoms with E-state index < -0.39 is 17.8 Å². The van der Waals surface area contributed by atoms with Gasteiger partial charge in [0, 0.05) is 5.69 Å². The number of amides is 2. The lowest BCUT2D eigenvalue weighted by molar-refractivity contribution is -0.120. The van der Waals surface area contributed by atoms with Crippen LogP contribution in [0.5, 0.6) is 5.75 Å². The number of ether oxygens (including phenoxy) is 1. The summed E-state index contributed by atoms with van der Waals surface area (Å²) >= 11 is 6.06. The molecule has 0 aromatic heterocycles. The van der Waals surface area contributed by atoms with Crippen LogP contribution in [0, 0.1) is 0 Å². The first-order valence-electron chi connectivity index (χ1n) is 7.46. The lowest BCUT2D eigenvalue weighted by Crippen LogP contribution is -2.32. The number of carboxylic acids is 1. The van der Waals surface area contributed by atoms with E-state index in [1.165, 1.54) is 25.3 Å². The summed E-state index contributed by atoms with van der Waals surface area (Å²) in [4.78, 5) is 37.2. The maximum Gasteiger partial charge on any atom is 0.335 e. The molecule has 0 saturated carbocycles. The number of carbonyl (C=O) groups excluding carboxylic acids is 2. The zero-order valence-electron chi connectivity index (χ0n) is 13.5. The summed E-state index contributed by atoms with van der Waals surface area (Å²) in [6.07, 6.45) is 0.